The SMILES string of the molecule is C[C@@H](CS(C)(=O)=O)c1ccc(CNCC2COc3ccccc3C2)cc1.Cl.Cl. The highest BCUT2D eigenvalue weighted by atomic mass is 35.5. The molecule has 0 radical (unpaired) electrons. The average molecular weight is 446 g/mol. The third kappa shape index (κ3) is 7.28. The topological polar surface area (TPSA) is 55.4 Å². The van der Waals surface area contributed by atoms with Gasteiger partial charge in [-0.2, -0.15) is 0 Å². The van der Waals surface area contributed by atoms with Crippen LogP contribution in [0.3, 0.4) is 0 Å². The number of hydrogen-bond acceptors (Lipinski definition) is 4. The lowest BCUT2D eigenvalue weighted by molar-refractivity contribution is 0.218. The van der Waals surface area contributed by atoms with Crippen molar-refractivity contribution in [2.24, 2.45) is 5.92 Å². The van der Waals surface area contributed by atoms with Crippen molar-refractivity contribution in [1.29, 1.82) is 0 Å². The number of halogens is 2. The summed E-state index contributed by atoms with van der Waals surface area (Å²) in [6.45, 7) is 4.43. The predicted molar refractivity (Wildman–Crippen MR) is 120 cm³/mol. The lowest BCUT2D eigenvalue weighted by Gasteiger charge is -2.25. The van der Waals surface area contributed by atoms with Crippen LogP contribution in [-0.4, -0.2) is 33.6 Å². The van der Waals surface area contributed by atoms with Crippen LogP contribution in [0.4, 0.5) is 0 Å². The molecule has 1 aliphatic rings. The van der Waals surface area contributed by atoms with Crippen LogP contribution in [0.1, 0.15) is 29.5 Å². The van der Waals surface area contributed by atoms with Crippen molar-refractivity contribution in [3.05, 3.63) is 65.2 Å². The van der Waals surface area contributed by atoms with Crippen LogP contribution in [-0.2, 0) is 22.8 Å². The van der Waals surface area contributed by atoms with Crippen molar-refractivity contribution >= 4 is 34.7 Å². The standard InChI is InChI=1S/C21H27NO3S.2ClH/c1-16(15-26(2,23)24)19-9-7-17(8-10-19)12-22-13-18-11-20-5-3-4-6-21(20)25-14-18;;/h3-10,16,18,22H,11-15H2,1-2H3;2*1H/t16-,18?;;/m0../s1. The number of ether oxygens (including phenoxy) is 1. The normalized spacial score (nSPS) is 16.7. The molecule has 0 aromatic heterocycles. The maximum atomic E-state index is 11.4. The molecule has 0 fully saturated rings. The Morgan fingerprint density at radius 3 is 2.46 bits per heavy atom. The van der Waals surface area contributed by atoms with Gasteiger partial charge in [0.1, 0.15) is 15.6 Å². The Bertz CT molecular complexity index is 841. The van der Waals surface area contributed by atoms with Crippen molar-refractivity contribution in [2.75, 3.05) is 25.2 Å². The van der Waals surface area contributed by atoms with Crippen molar-refractivity contribution in [3.8, 4) is 5.75 Å². The number of sulfone groups is 1. The molecule has 1 aliphatic heterocycles. The van der Waals surface area contributed by atoms with E-state index in [2.05, 4.69) is 29.6 Å². The lowest BCUT2D eigenvalue weighted by atomic mass is 9.96. The van der Waals surface area contributed by atoms with Crippen LogP contribution >= 0.6 is 24.8 Å². The highest BCUT2D eigenvalue weighted by Crippen LogP contribution is 2.26. The molecule has 7 heteroatoms. The summed E-state index contributed by atoms with van der Waals surface area (Å²) in [5.74, 6) is 1.71. The molecule has 3 rings (SSSR count). The van der Waals surface area contributed by atoms with Gasteiger partial charge in [0.2, 0.25) is 0 Å². The minimum atomic E-state index is -2.95. The Morgan fingerprint density at radius 1 is 1.11 bits per heavy atom. The third-order valence-electron chi connectivity index (χ3n) is 4.82. The van der Waals surface area contributed by atoms with Gasteiger partial charge in [-0.1, -0.05) is 49.4 Å². The summed E-state index contributed by atoms with van der Waals surface area (Å²) in [4.78, 5) is 0. The predicted octanol–water partition coefficient (Wildman–Crippen LogP) is 4.02. The smallest absolute Gasteiger partial charge is 0.148 e. The van der Waals surface area contributed by atoms with Crippen molar-refractivity contribution in [3.63, 3.8) is 0 Å². The van der Waals surface area contributed by atoms with Crippen molar-refractivity contribution in [1.82, 2.24) is 5.32 Å². The molecular formula is C21H29Cl2NO3S. The van der Waals surface area contributed by atoms with E-state index in [4.69, 9.17) is 4.74 Å². The third-order valence-corrected chi connectivity index (χ3v) is 5.92. The van der Waals surface area contributed by atoms with Crippen LogP contribution in [0.2, 0.25) is 0 Å². The number of para-hydroxylation sites is 1. The molecule has 0 saturated carbocycles. The van der Waals surface area contributed by atoms with Gasteiger partial charge in [0, 0.05) is 25.3 Å². The van der Waals surface area contributed by atoms with E-state index in [0.29, 0.717) is 5.92 Å². The fourth-order valence-electron chi connectivity index (χ4n) is 3.46. The van der Waals surface area contributed by atoms with Gasteiger partial charge < -0.3 is 10.1 Å². The molecule has 0 amide bonds. The first-order valence-corrected chi connectivity index (χ1v) is 11.1. The van der Waals surface area contributed by atoms with Crippen molar-refractivity contribution in [2.45, 2.75) is 25.8 Å². The van der Waals surface area contributed by atoms with Gasteiger partial charge in [-0.05, 0) is 35.1 Å². The highest BCUT2D eigenvalue weighted by Gasteiger charge is 2.19. The van der Waals surface area contributed by atoms with E-state index in [-0.39, 0.29) is 36.5 Å². The summed E-state index contributed by atoms with van der Waals surface area (Å²) in [6.07, 6.45) is 2.33. The molecule has 1 heterocycles. The van der Waals surface area contributed by atoms with E-state index in [0.717, 1.165) is 37.4 Å². The number of rotatable bonds is 7. The van der Waals surface area contributed by atoms with Crippen LogP contribution < -0.4 is 10.1 Å². The summed E-state index contributed by atoms with van der Waals surface area (Å²) < 4.78 is 28.7. The number of benzene rings is 2. The molecule has 0 saturated heterocycles. The van der Waals surface area contributed by atoms with Gasteiger partial charge in [-0.3, -0.25) is 0 Å². The quantitative estimate of drug-likeness (QED) is 0.698. The molecule has 1 N–H and O–H groups in total. The molecule has 1 unspecified atom stereocenters. The number of nitrogens with one attached hydrogen (secondary N) is 1. The van der Waals surface area contributed by atoms with Gasteiger partial charge in [0.25, 0.3) is 0 Å². The summed E-state index contributed by atoms with van der Waals surface area (Å²) in [6, 6.07) is 16.5. The fraction of sp³-hybridized carbons (Fsp3) is 0.429. The lowest BCUT2D eigenvalue weighted by Crippen LogP contribution is -2.31. The van der Waals surface area contributed by atoms with Crippen LogP contribution in [0.5, 0.6) is 5.75 Å². The highest BCUT2D eigenvalue weighted by molar-refractivity contribution is 7.90. The zero-order valence-corrected chi connectivity index (χ0v) is 18.7. The van der Waals surface area contributed by atoms with Crippen molar-refractivity contribution < 1.29 is 13.2 Å². The minimum Gasteiger partial charge on any atom is -0.493 e. The van der Waals surface area contributed by atoms with E-state index in [1.54, 1.807) is 0 Å². The molecule has 28 heavy (non-hydrogen) atoms. The summed E-state index contributed by atoms with van der Waals surface area (Å²) >= 11 is 0. The maximum absolute atomic E-state index is 11.4. The molecular weight excluding hydrogens is 417 g/mol. The van der Waals surface area contributed by atoms with Gasteiger partial charge in [0.15, 0.2) is 0 Å². The second-order valence-corrected chi connectivity index (χ2v) is 9.54. The first-order chi connectivity index (χ1) is 12.4. The molecule has 0 aliphatic carbocycles. The van der Waals surface area contributed by atoms with E-state index in [1.165, 1.54) is 17.4 Å². The summed E-state index contributed by atoms with van der Waals surface area (Å²) in [5.41, 5.74) is 3.56. The monoisotopic (exact) mass is 445 g/mol. The first-order valence-electron chi connectivity index (χ1n) is 9.09. The Balaban J connectivity index is 0.00000196. The van der Waals surface area contributed by atoms with E-state index >= 15 is 0 Å². The van der Waals surface area contributed by atoms with E-state index in [1.807, 2.05) is 31.2 Å². The number of fused-ring (bicyclic) bond motifs is 1. The molecule has 2 aromatic carbocycles. The minimum absolute atomic E-state index is 0. The maximum Gasteiger partial charge on any atom is 0.148 e. The summed E-state index contributed by atoms with van der Waals surface area (Å²) in [7, 11) is -2.95. The van der Waals surface area contributed by atoms with Crippen LogP contribution in [0.15, 0.2) is 48.5 Å². The van der Waals surface area contributed by atoms with Crippen LogP contribution in [0, 0.1) is 5.92 Å². The second kappa shape index (κ2) is 11.1. The largest absolute Gasteiger partial charge is 0.493 e. The number of hydrogen-bond donors (Lipinski definition) is 1. The molecule has 0 bridgehead atoms. The zero-order valence-electron chi connectivity index (χ0n) is 16.3. The molecule has 4 nitrogen and oxygen atoms in total. The Labute approximate surface area is 180 Å². The van der Waals surface area contributed by atoms with E-state index < -0.39 is 9.84 Å². The average Bonchev–Trinajstić information content (AvgIpc) is 2.61. The van der Waals surface area contributed by atoms with Gasteiger partial charge in [-0.15, -0.1) is 24.8 Å². The van der Waals surface area contributed by atoms with Gasteiger partial charge >= 0.3 is 0 Å². The molecule has 2 aromatic rings. The van der Waals surface area contributed by atoms with Gasteiger partial charge in [0.05, 0.1) is 12.4 Å². The summed E-state index contributed by atoms with van der Waals surface area (Å²) in [5, 5.41) is 3.51. The van der Waals surface area contributed by atoms with E-state index in [9.17, 15) is 8.42 Å². The Morgan fingerprint density at radius 2 is 1.79 bits per heavy atom. The van der Waals surface area contributed by atoms with Gasteiger partial charge in [-0.25, -0.2) is 8.42 Å². The zero-order chi connectivity index (χ0) is 18.6. The molecule has 156 valence electrons. The second-order valence-electron chi connectivity index (χ2n) is 7.35. The molecule has 0 spiro atoms. The van der Waals surface area contributed by atoms with Crippen LogP contribution in [0.25, 0.3) is 0 Å². The first kappa shape index (κ1) is 24.8. The molecule has 2 atom stereocenters. The Kier molecular flexibility index (Phi) is 9.78. The fourth-order valence-corrected chi connectivity index (χ4v) is 4.56. The Hall–Kier alpha value is -1.27.